The number of carbonyl (C=O) groups excluding carboxylic acids is 1. The molecule has 0 radical (unpaired) electrons. The first kappa shape index (κ1) is 14.6. The largest absolute Gasteiger partial charge is 0.418 e. The standard InChI is InChI=1S/C13H15F3N2O2/c1-7-9(4-5-20-7)12(19)18-11-3-2-8(17)6-10(11)13(14,15)16/h2-3,6-7,9H,4-5,17H2,1H3,(H,18,19). The van der Waals surface area contributed by atoms with Crippen LogP contribution in [-0.4, -0.2) is 18.6 Å². The molecule has 110 valence electrons. The first-order chi connectivity index (χ1) is 9.29. The molecule has 1 saturated heterocycles. The molecule has 20 heavy (non-hydrogen) atoms. The van der Waals surface area contributed by atoms with Crippen LogP contribution in [0.25, 0.3) is 0 Å². The molecule has 2 unspecified atom stereocenters. The van der Waals surface area contributed by atoms with Gasteiger partial charge >= 0.3 is 6.18 Å². The molecule has 7 heteroatoms. The van der Waals surface area contributed by atoms with E-state index in [2.05, 4.69) is 5.32 Å². The van der Waals surface area contributed by atoms with Crippen molar-refractivity contribution in [2.24, 2.45) is 5.92 Å². The summed E-state index contributed by atoms with van der Waals surface area (Å²) >= 11 is 0. The predicted octanol–water partition coefficient (Wildman–Crippen LogP) is 2.65. The Labute approximate surface area is 114 Å². The van der Waals surface area contributed by atoms with Gasteiger partial charge in [0.1, 0.15) is 0 Å². The van der Waals surface area contributed by atoms with Crippen molar-refractivity contribution >= 4 is 17.3 Å². The predicted molar refractivity (Wildman–Crippen MR) is 68.0 cm³/mol. The molecule has 1 aromatic rings. The van der Waals surface area contributed by atoms with Crippen LogP contribution in [0.1, 0.15) is 18.9 Å². The fraction of sp³-hybridized carbons (Fsp3) is 0.462. The van der Waals surface area contributed by atoms with Crippen molar-refractivity contribution in [1.29, 1.82) is 0 Å². The first-order valence-electron chi connectivity index (χ1n) is 6.18. The third-order valence-electron chi connectivity index (χ3n) is 3.32. The number of benzene rings is 1. The Hall–Kier alpha value is -1.76. The van der Waals surface area contributed by atoms with E-state index in [0.717, 1.165) is 12.1 Å². The summed E-state index contributed by atoms with van der Waals surface area (Å²) in [5.74, 6) is -0.904. The molecule has 2 rings (SSSR count). The third-order valence-corrected chi connectivity index (χ3v) is 3.32. The number of nitrogens with two attached hydrogens (primary N) is 1. The van der Waals surface area contributed by atoms with Gasteiger partial charge in [0.05, 0.1) is 23.3 Å². The summed E-state index contributed by atoms with van der Waals surface area (Å²) in [6, 6.07) is 3.29. The number of amides is 1. The van der Waals surface area contributed by atoms with E-state index >= 15 is 0 Å². The van der Waals surface area contributed by atoms with E-state index in [1.54, 1.807) is 6.92 Å². The van der Waals surface area contributed by atoms with E-state index in [-0.39, 0.29) is 17.5 Å². The van der Waals surface area contributed by atoms with Crippen molar-refractivity contribution in [3.63, 3.8) is 0 Å². The molecule has 0 bridgehead atoms. The highest BCUT2D eigenvalue weighted by atomic mass is 19.4. The SMILES string of the molecule is CC1OCCC1C(=O)Nc1ccc(N)cc1C(F)(F)F. The highest BCUT2D eigenvalue weighted by molar-refractivity contribution is 5.94. The quantitative estimate of drug-likeness (QED) is 0.822. The zero-order valence-electron chi connectivity index (χ0n) is 10.8. The summed E-state index contributed by atoms with van der Waals surface area (Å²) in [7, 11) is 0. The maximum absolute atomic E-state index is 12.9. The van der Waals surface area contributed by atoms with Crippen molar-refractivity contribution in [2.75, 3.05) is 17.7 Å². The summed E-state index contributed by atoms with van der Waals surface area (Å²) in [4.78, 5) is 12.0. The minimum absolute atomic E-state index is 0.00658. The van der Waals surface area contributed by atoms with E-state index in [4.69, 9.17) is 10.5 Å². The van der Waals surface area contributed by atoms with Crippen molar-refractivity contribution in [2.45, 2.75) is 25.6 Å². The number of halogens is 3. The number of nitrogen functional groups attached to an aromatic ring is 1. The molecular weight excluding hydrogens is 273 g/mol. The van der Waals surface area contributed by atoms with E-state index in [9.17, 15) is 18.0 Å². The molecule has 4 nitrogen and oxygen atoms in total. The molecule has 1 aliphatic rings. The third kappa shape index (κ3) is 3.04. The zero-order chi connectivity index (χ0) is 14.9. The van der Waals surface area contributed by atoms with Crippen LogP contribution < -0.4 is 11.1 Å². The van der Waals surface area contributed by atoms with Crippen molar-refractivity contribution in [1.82, 2.24) is 0 Å². The van der Waals surface area contributed by atoms with Gasteiger partial charge in [-0.05, 0) is 31.5 Å². The molecular formula is C13H15F3N2O2. The van der Waals surface area contributed by atoms with Gasteiger partial charge in [-0.25, -0.2) is 0 Å². The topological polar surface area (TPSA) is 64.3 Å². The maximum atomic E-state index is 12.9. The average Bonchev–Trinajstić information content (AvgIpc) is 2.76. The average molecular weight is 288 g/mol. The van der Waals surface area contributed by atoms with Crippen molar-refractivity contribution < 1.29 is 22.7 Å². The Kier molecular flexibility index (Phi) is 3.89. The Bertz CT molecular complexity index is 517. The van der Waals surface area contributed by atoms with Gasteiger partial charge in [0.25, 0.3) is 0 Å². The summed E-state index contributed by atoms with van der Waals surface area (Å²) in [6.07, 6.45) is -4.36. The number of hydrogen-bond donors (Lipinski definition) is 2. The lowest BCUT2D eigenvalue weighted by atomic mass is 10.0. The van der Waals surface area contributed by atoms with E-state index in [1.807, 2.05) is 0 Å². The summed E-state index contributed by atoms with van der Waals surface area (Å²) in [5, 5.41) is 2.32. The summed E-state index contributed by atoms with van der Waals surface area (Å²) in [6.45, 7) is 2.16. The van der Waals surface area contributed by atoms with Crippen LogP contribution in [0.3, 0.4) is 0 Å². The molecule has 0 aliphatic carbocycles. The number of hydrogen-bond acceptors (Lipinski definition) is 3. The molecule has 0 saturated carbocycles. The number of nitrogens with one attached hydrogen (secondary N) is 1. The Balaban J connectivity index is 2.23. The normalized spacial score (nSPS) is 22.8. The highest BCUT2D eigenvalue weighted by Crippen LogP contribution is 2.36. The molecule has 1 aliphatic heterocycles. The van der Waals surface area contributed by atoms with Crippen LogP contribution in [-0.2, 0) is 15.7 Å². The lowest BCUT2D eigenvalue weighted by molar-refractivity contribution is -0.137. The number of rotatable bonds is 2. The second-order valence-corrected chi connectivity index (χ2v) is 4.76. The van der Waals surface area contributed by atoms with Crippen LogP contribution in [0.4, 0.5) is 24.5 Å². The molecule has 1 aromatic carbocycles. The van der Waals surface area contributed by atoms with Crippen LogP contribution >= 0.6 is 0 Å². The van der Waals surface area contributed by atoms with Gasteiger partial charge in [-0.1, -0.05) is 0 Å². The Morgan fingerprint density at radius 1 is 1.45 bits per heavy atom. The number of anilines is 2. The van der Waals surface area contributed by atoms with Gasteiger partial charge in [0, 0.05) is 12.3 Å². The highest BCUT2D eigenvalue weighted by Gasteiger charge is 2.36. The Morgan fingerprint density at radius 3 is 2.70 bits per heavy atom. The lowest BCUT2D eigenvalue weighted by Crippen LogP contribution is -2.28. The molecule has 1 fully saturated rings. The van der Waals surface area contributed by atoms with Gasteiger partial charge in [-0.2, -0.15) is 13.2 Å². The molecule has 0 spiro atoms. The fourth-order valence-electron chi connectivity index (χ4n) is 2.21. The molecule has 3 N–H and O–H groups in total. The summed E-state index contributed by atoms with van der Waals surface area (Å²) in [5.41, 5.74) is 4.13. The second kappa shape index (κ2) is 5.32. The first-order valence-corrected chi connectivity index (χ1v) is 6.18. The van der Waals surface area contributed by atoms with Crippen LogP contribution in [0, 0.1) is 5.92 Å². The monoisotopic (exact) mass is 288 g/mol. The van der Waals surface area contributed by atoms with Gasteiger partial charge in [0.15, 0.2) is 0 Å². The minimum Gasteiger partial charge on any atom is -0.399 e. The molecule has 2 atom stereocenters. The number of alkyl halides is 3. The van der Waals surface area contributed by atoms with Gasteiger partial charge < -0.3 is 15.8 Å². The second-order valence-electron chi connectivity index (χ2n) is 4.76. The molecule has 1 heterocycles. The van der Waals surface area contributed by atoms with E-state index in [1.165, 1.54) is 6.07 Å². The smallest absolute Gasteiger partial charge is 0.399 e. The Morgan fingerprint density at radius 2 is 2.15 bits per heavy atom. The molecule has 1 amide bonds. The molecule has 0 aromatic heterocycles. The maximum Gasteiger partial charge on any atom is 0.418 e. The van der Waals surface area contributed by atoms with Crippen LogP contribution in [0.5, 0.6) is 0 Å². The van der Waals surface area contributed by atoms with Gasteiger partial charge in [0.2, 0.25) is 5.91 Å². The van der Waals surface area contributed by atoms with Crippen molar-refractivity contribution in [3.8, 4) is 0 Å². The zero-order valence-corrected chi connectivity index (χ0v) is 10.8. The van der Waals surface area contributed by atoms with Crippen LogP contribution in [0.2, 0.25) is 0 Å². The van der Waals surface area contributed by atoms with E-state index < -0.39 is 23.6 Å². The number of carbonyl (C=O) groups is 1. The number of ether oxygens (including phenoxy) is 1. The van der Waals surface area contributed by atoms with Crippen molar-refractivity contribution in [3.05, 3.63) is 23.8 Å². The van der Waals surface area contributed by atoms with Gasteiger partial charge in [-0.3, -0.25) is 4.79 Å². The fourth-order valence-corrected chi connectivity index (χ4v) is 2.21. The minimum atomic E-state index is -4.57. The summed E-state index contributed by atoms with van der Waals surface area (Å²) < 4.78 is 43.9. The van der Waals surface area contributed by atoms with Crippen LogP contribution in [0.15, 0.2) is 18.2 Å². The van der Waals surface area contributed by atoms with E-state index in [0.29, 0.717) is 13.0 Å². The van der Waals surface area contributed by atoms with Gasteiger partial charge in [-0.15, -0.1) is 0 Å². The lowest BCUT2D eigenvalue weighted by Gasteiger charge is -2.18.